The lowest BCUT2D eigenvalue weighted by atomic mass is 10.3. The normalized spacial score (nSPS) is 11.4. The molecule has 9 heteroatoms. The molecule has 0 aromatic heterocycles. The SMILES string of the molecule is CC(=O)Nc1cc(F)c(S(N)(=O)=O)c(F)c1Cl. The molecule has 3 N–H and O–H groups in total. The summed E-state index contributed by atoms with van der Waals surface area (Å²) in [5.74, 6) is -3.59. The fourth-order valence-corrected chi connectivity index (χ4v) is 2.05. The lowest BCUT2D eigenvalue weighted by molar-refractivity contribution is -0.114. The van der Waals surface area contributed by atoms with Gasteiger partial charge in [-0.05, 0) is 0 Å². The maximum absolute atomic E-state index is 13.5. The van der Waals surface area contributed by atoms with Crippen LogP contribution >= 0.6 is 11.6 Å². The van der Waals surface area contributed by atoms with Gasteiger partial charge < -0.3 is 5.32 Å². The number of nitrogens with two attached hydrogens (primary N) is 1. The number of rotatable bonds is 2. The minimum atomic E-state index is -4.58. The Bertz CT molecular complexity index is 589. The van der Waals surface area contributed by atoms with Gasteiger partial charge in [0.2, 0.25) is 15.9 Å². The highest BCUT2D eigenvalue weighted by Crippen LogP contribution is 2.31. The van der Waals surface area contributed by atoms with E-state index in [0.29, 0.717) is 6.07 Å². The number of nitrogens with one attached hydrogen (secondary N) is 1. The van der Waals surface area contributed by atoms with E-state index in [2.05, 4.69) is 5.14 Å². The van der Waals surface area contributed by atoms with E-state index in [1.165, 1.54) is 0 Å². The average Bonchev–Trinajstić information content (AvgIpc) is 2.10. The van der Waals surface area contributed by atoms with E-state index < -0.39 is 37.5 Å². The number of hydrogen-bond donors (Lipinski definition) is 2. The number of sulfonamides is 1. The second kappa shape index (κ2) is 4.55. The zero-order valence-electron chi connectivity index (χ0n) is 8.42. The van der Waals surface area contributed by atoms with Gasteiger partial charge in [-0.3, -0.25) is 4.79 Å². The molecule has 0 saturated carbocycles. The number of primary sulfonamides is 1. The van der Waals surface area contributed by atoms with Gasteiger partial charge in [-0.1, -0.05) is 11.6 Å². The van der Waals surface area contributed by atoms with Crippen LogP contribution in [-0.4, -0.2) is 14.3 Å². The Morgan fingerprint density at radius 2 is 2.00 bits per heavy atom. The Labute approximate surface area is 101 Å². The Morgan fingerprint density at radius 3 is 2.41 bits per heavy atom. The third-order valence-electron chi connectivity index (χ3n) is 1.71. The molecule has 0 aliphatic carbocycles. The first-order valence-corrected chi connectivity index (χ1v) is 6.05. The van der Waals surface area contributed by atoms with Gasteiger partial charge in [-0.2, -0.15) is 0 Å². The molecule has 94 valence electrons. The fraction of sp³-hybridized carbons (Fsp3) is 0.125. The maximum Gasteiger partial charge on any atom is 0.243 e. The third-order valence-corrected chi connectivity index (χ3v) is 3.02. The Kier molecular flexibility index (Phi) is 3.70. The number of hydrogen-bond acceptors (Lipinski definition) is 3. The maximum atomic E-state index is 13.5. The van der Waals surface area contributed by atoms with E-state index >= 15 is 0 Å². The Balaban J connectivity index is 3.53. The molecule has 0 fully saturated rings. The molecule has 1 aromatic rings. The highest BCUT2D eigenvalue weighted by atomic mass is 35.5. The Morgan fingerprint density at radius 1 is 1.47 bits per heavy atom. The summed E-state index contributed by atoms with van der Waals surface area (Å²) in [7, 11) is -4.58. The quantitative estimate of drug-likeness (QED) is 0.800. The van der Waals surface area contributed by atoms with Gasteiger partial charge in [-0.25, -0.2) is 22.3 Å². The number of anilines is 1. The molecule has 0 heterocycles. The standard InChI is InChI=1S/C8H7ClF2N2O3S/c1-3(14)13-5-2-4(10)8(17(12,15)16)7(11)6(5)9/h2H,1H3,(H,13,14)(H2,12,15,16). The molecule has 17 heavy (non-hydrogen) atoms. The van der Waals surface area contributed by atoms with Gasteiger partial charge in [0.25, 0.3) is 0 Å². The predicted molar refractivity (Wildman–Crippen MR) is 57.0 cm³/mol. The van der Waals surface area contributed by atoms with Crippen LogP contribution in [0.2, 0.25) is 5.02 Å². The summed E-state index contributed by atoms with van der Waals surface area (Å²) in [5.41, 5.74) is -0.374. The van der Waals surface area contributed by atoms with E-state index in [1.54, 1.807) is 0 Å². The summed E-state index contributed by atoms with van der Waals surface area (Å²) in [6.45, 7) is 1.10. The van der Waals surface area contributed by atoms with Crippen LogP contribution in [0.15, 0.2) is 11.0 Å². The first kappa shape index (κ1) is 13.8. The fourth-order valence-electron chi connectivity index (χ4n) is 1.12. The summed E-state index contributed by atoms with van der Waals surface area (Å²) in [4.78, 5) is 9.38. The minimum absolute atomic E-state index is 0.374. The van der Waals surface area contributed by atoms with Crippen molar-refractivity contribution in [3.05, 3.63) is 22.7 Å². The molecule has 1 amide bonds. The van der Waals surface area contributed by atoms with Gasteiger partial charge in [0.05, 0.1) is 5.69 Å². The van der Waals surface area contributed by atoms with E-state index in [4.69, 9.17) is 11.6 Å². The largest absolute Gasteiger partial charge is 0.325 e. The molecule has 0 aliphatic heterocycles. The number of carbonyl (C=O) groups excluding carboxylic acids is 1. The molecule has 0 bridgehead atoms. The number of carbonyl (C=O) groups is 1. The molecule has 0 atom stereocenters. The van der Waals surface area contributed by atoms with Crippen molar-refractivity contribution in [2.24, 2.45) is 5.14 Å². The van der Waals surface area contributed by atoms with Crippen molar-refractivity contribution in [3.63, 3.8) is 0 Å². The summed E-state index contributed by atoms with van der Waals surface area (Å²) in [5, 5.41) is 5.94. The van der Waals surface area contributed by atoms with Crippen LogP contribution < -0.4 is 10.5 Å². The van der Waals surface area contributed by atoms with Crippen molar-refractivity contribution in [1.82, 2.24) is 0 Å². The molecule has 0 aliphatic rings. The summed E-state index contributed by atoms with van der Waals surface area (Å²) >= 11 is 5.44. The van der Waals surface area contributed by atoms with Gasteiger partial charge in [-0.15, -0.1) is 0 Å². The van der Waals surface area contributed by atoms with Crippen LogP contribution in [0.5, 0.6) is 0 Å². The zero-order chi connectivity index (χ0) is 13.4. The van der Waals surface area contributed by atoms with Crippen LogP contribution in [0.3, 0.4) is 0 Å². The molecular weight excluding hydrogens is 278 g/mol. The van der Waals surface area contributed by atoms with Crippen LogP contribution in [0.4, 0.5) is 14.5 Å². The van der Waals surface area contributed by atoms with Crippen molar-refractivity contribution in [2.75, 3.05) is 5.32 Å². The zero-order valence-corrected chi connectivity index (χ0v) is 9.99. The monoisotopic (exact) mass is 284 g/mol. The highest BCUT2D eigenvalue weighted by Gasteiger charge is 2.25. The summed E-state index contributed by atoms with van der Waals surface area (Å²) < 4.78 is 48.6. The number of halogens is 3. The van der Waals surface area contributed by atoms with Gasteiger partial charge in [0.15, 0.2) is 10.7 Å². The lowest BCUT2D eigenvalue weighted by Crippen LogP contribution is -2.17. The van der Waals surface area contributed by atoms with Crippen LogP contribution in [-0.2, 0) is 14.8 Å². The highest BCUT2D eigenvalue weighted by molar-refractivity contribution is 7.89. The molecule has 0 unspecified atom stereocenters. The van der Waals surface area contributed by atoms with E-state index in [1.807, 2.05) is 5.32 Å². The summed E-state index contributed by atoms with van der Waals surface area (Å²) in [6.07, 6.45) is 0. The number of benzene rings is 1. The van der Waals surface area contributed by atoms with Gasteiger partial charge >= 0.3 is 0 Å². The molecular formula is C8H7ClF2N2O3S. The first-order chi connectivity index (χ1) is 7.64. The summed E-state index contributed by atoms with van der Waals surface area (Å²) in [6, 6.07) is 0.576. The molecule has 1 rings (SSSR count). The van der Waals surface area contributed by atoms with Crippen molar-refractivity contribution in [3.8, 4) is 0 Å². The second-order valence-electron chi connectivity index (χ2n) is 3.09. The predicted octanol–water partition coefficient (Wildman–Crippen LogP) is 1.22. The molecule has 0 spiro atoms. The third kappa shape index (κ3) is 2.90. The molecule has 0 radical (unpaired) electrons. The van der Waals surface area contributed by atoms with Crippen LogP contribution in [0, 0.1) is 11.6 Å². The average molecular weight is 285 g/mol. The van der Waals surface area contributed by atoms with Gasteiger partial charge in [0.1, 0.15) is 10.8 Å². The van der Waals surface area contributed by atoms with Crippen LogP contribution in [0.1, 0.15) is 6.92 Å². The smallest absolute Gasteiger partial charge is 0.243 e. The van der Waals surface area contributed by atoms with E-state index in [-0.39, 0.29) is 5.69 Å². The topological polar surface area (TPSA) is 89.3 Å². The van der Waals surface area contributed by atoms with E-state index in [9.17, 15) is 22.0 Å². The molecule has 1 aromatic carbocycles. The minimum Gasteiger partial charge on any atom is -0.325 e. The molecule has 0 saturated heterocycles. The lowest BCUT2D eigenvalue weighted by Gasteiger charge is -2.09. The van der Waals surface area contributed by atoms with Crippen LogP contribution in [0.25, 0.3) is 0 Å². The van der Waals surface area contributed by atoms with Crippen molar-refractivity contribution >= 4 is 33.2 Å². The Hall–Kier alpha value is -1.25. The van der Waals surface area contributed by atoms with Gasteiger partial charge in [0, 0.05) is 13.0 Å². The first-order valence-electron chi connectivity index (χ1n) is 4.12. The van der Waals surface area contributed by atoms with E-state index in [0.717, 1.165) is 6.92 Å². The number of amides is 1. The molecule has 5 nitrogen and oxygen atoms in total. The van der Waals surface area contributed by atoms with Crippen molar-refractivity contribution in [2.45, 2.75) is 11.8 Å². The van der Waals surface area contributed by atoms with Crippen molar-refractivity contribution in [1.29, 1.82) is 0 Å². The second-order valence-corrected chi connectivity index (χ2v) is 4.97. The van der Waals surface area contributed by atoms with Crippen molar-refractivity contribution < 1.29 is 22.0 Å².